The molecule has 0 radical (unpaired) electrons. The van der Waals surface area contributed by atoms with E-state index in [0.717, 1.165) is 12.8 Å². The molecule has 0 aromatic heterocycles. The number of Topliss-reactive ketones (excluding diaryl/α,β-unsaturated/α-hetero) is 1. The van der Waals surface area contributed by atoms with Crippen LogP contribution in [0.3, 0.4) is 0 Å². The molecule has 17 heavy (non-hydrogen) atoms. The molecule has 1 aromatic carbocycles. The van der Waals surface area contributed by atoms with Gasteiger partial charge < -0.3 is 0 Å². The van der Waals surface area contributed by atoms with E-state index in [4.69, 9.17) is 0 Å². The van der Waals surface area contributed by atoms with Crippen LogP contribution in [0.5, 0.6) is 0 Å². The number of nitro groups is 1. The number of hydrogen-bond acceptors (Lipinski definition) is 3. The molecule has 4 nitrogen and oxygen atoms in total. The maximum atomic E-state index is 12.0. The lowest BCUT2D eigenvalue weighted by Crippen LogP contribution is -2.17. The number of rotatable bonds is 2. The van der Waals surface area contributed by atoms with Crippen LogP contribution in [0.1, 0.15) is 25.3 Å². The van der Waals surface area contributed by atoms with Crippen LogP contribution in [-0.4, -0.2) is 10.7 Å². The van der Waals surface area contributed by atoms with E-state index in [1.54, 1.807) is 18.2 Å². The van der Waals surface area contributed by atoms with Crippen LogP contribution in [0.2, 0.25) is 0 Å². The lowest BCUT2D eigenvalue weighted by atomic mass is 9.85. The number of carbonyl (C=O) groups excluding carboxylic acids is 1. The number of benzene rings is 1. The molecule has 0 spiro atoms. The number of allylic oxidation sites excluding steroid dienone is 2. The van der Waals surface area contributed by atoms with Crippen molar-refractivity contribution in [2.24, 2.45) is 5.92 Å². The quantitative estimate of drug-likeness (QED) is 0.580. The zero-order chi connectivity index (χ0) is 12.4. The van der Waals surface area contributed by atoms with Gasteiger partial charge in [0.15, 0.2) is 5.78 Å². The number of ketones is 1. The Kier molecular flexibility index (Phi) is 3.04. The number of carbonyl (C=O) groups is 1. The molecular formula is C13H13NO3. The topological polar surface area (TPSA) is 60.2 Å². The zero-order valence-electron chi connectivity index (χ0n) is 9.55. The van der Waals surface area contributed by atoms with Gasteiger partial charge in [0.2, 0.25) is 0 Å². The Balaban J connectivity index is 2.50. The molecule has 0 amide bonds. The highest BCUT2D eigenvalue weighted by molar-refractivity contribution is 6.23. The zero-order valence-corrected chi connectivity index (χ0v) is 9.55. The molecule has 0 aliphatic heterocycles. The Morgan fingerprint density at radius 2 is 2.06 bits per heavy atom. The predicted molar refractivity (Wildman–Crippen MR) is 64.5 cm³/mol. The van der Waals surface area contributed by atoms with Gasteiger partial charge in [-0.2, -0.15) is 0 Å². The molecule has 4 heteroatoms. The monoisotopic (exact) mass is 231 g/mol. The normalized spacial score (nSPS) is 19.9. The highest BCUT2D eigenvalue weighted by atomic mass is 16.6. The second-order valence-corrected chi connectivity index (χ2v) is 4.23. The van der Waals surface area contributed by atoms with Crippen LogP contribution in [0.4, 0.5) is 5.69 Å². The highest BCUT2D eigenvalue weighted by Gasteiger charge is 2.26. The van der Waals surface area contributed by atoms with E-state index in [1.807, 2.05) is 13.0 Å². The fourth-order valence-corrected chi connectivity index (χ4v) is 2.08. The van der Waals surface area contributed by atoms with E-state index in [2.05, 4.69) is 0 Å². The minimum atomic E-state index is -0.442. The standard InChI is InChI=1S/C13H13NO3/c1-9-5-4-7-11(13(9)15)10-6-2-3-8-12(10)14(16)17/h2-3,6-9H,4-5H2,1H3. The molecule has 0 N–H and O–H groups in total. The number of nitrogens with zero attached hydrogens (tertiary/aromatic N) is 1. The molecule has 88 valence electrons. The first kappa shape index (κ1) is 11.5. The first-order valence-electron chi connectivity index (χ1n) is 5.59. The van der Waals surface area contributed by atoms with E-state index >= 15 is 0 Å². The van der Waals surface area contributed by atoms with Crippen LogP contribution in [0, 0.1) is 16.0 Å². The average molecular weight is 231 g/mol. The molecule has 0 saturated carbocycles. The van der Waals surface area contributed by atoms with Crippen LogP contribution in [0.25, 0.3) is 5.57 Å². The molecular weight excluding hydrogens is 218 g/mol. The summed E-state index contributed by atoms with van der Waals surface area (Å²) in [6.45, 7) is 1.87. The summed E-state index contributed by atoms with van der Waals surface area (Å²) in [5, 5.41) is 10.9. The van der Waals surface area contributed by atoms with Gasteiger partial charge in [-0.15, -0.1) is 0 Å². The van der Waals surface area contributed by atoms with Gasteiger partial charge in [0, 0.05) is 17.6 Å². The molecule has 0 saturated heterocycles. The second kappa shape index (κ2) is 4.49. The lowest BCUT2D eigenvalue weighted by molar-refractivity contribution is -0.385. The van der Waals surface area contributed by atoms with Crippen molar-refractivity contribution in [3.63, 3.8) is 0 Å². The minimum absolute atomic E-state index is 0.00111. The Hall–Kier alpha value is -1.97. The first-order valence-corrected chi connectivity index (χ1v) is 5.59. The number of para-hydroxylation sites is 1. The van der Waals surface area contributed by atoms with E-state index in [0.29, 0.717) is 11.1 Å². The average Bonchev–Trinajstić information content (AvgIpc) is 2.33. The molecule has 0 bridgehead atoms. The highest BCUT2D eigenvalue weighted by Crippen LogP contribution is 2.32. The van der Waals surface area contributed by atoms with Gasteiger partial charge >= 0.3 is 0 Å². The fourth-order valence-electron chi connectivity index (χ4n) is 2.08. The Labute approximate surface area is 99.1 Å². The van der Waals surface area contributed by atoms with Crippen molar-refractivity contribution in [3.05, 3.63) is 46.0 Å². The Bertz CT molecular complexity index is 505. The second-order valence-electron chi connectivity index (χ2n) is 4.23. The first-order chi connectivity index (χ1) is 8.11. The maximum Gasteiger partial charge on any atom is 0.277 e. The van der Waals surface area contributed by atoms with Crippen molar-refractivity contribution in [1.29, 1.82) is 0 Å². The summed E-state index contributed by atoms with van der Waals surface area (Å²) in [4.78, 5) is 22.5. The maximum absolute atomic E-state index is 12.0. The van der Waals surface area contributed by atoms with Crippen LogP contribution in [-0.2, 0) is 4.79 Å². The van der Waals surface area contributed by atoms with E-state index < -0.39 is 4.92 Å². The molecule has 0 heterocycles. The van der Waals surface area contributed by atoms with Gasteiger partial charge in [-0.3, -0.25) is 14.9 Å². The van der Waals surface area contributed by atoms with Crippen molar-refractivity contribution in [1.82, 2.24) is 0 Å². The van der Waals surface area contributed by atoms with Gasteiger partial charge in [-0.1, -0.05) is 25.1 Å². The summed E-state index contributed by atoms with van der Waals surface area (Å²) >= 11 is 0. The predicted octanol–water partition coefficient (Wildman–Crippen LogP) is 2.98. The van der Waals surface area contributed by atoms with Crippen molar-refractivity contribution in [2.75, 3.05) is 0 Å². The Morgan fingerprint density at radius 3 is 2.76 bits per heavy atom. The third kappa shape index (κ3) is 2.11. The molecule has 1 aliphatic carbocycles. The summed E-state index contributed by atoms with van der Waals surface area (Å²) in [5.74, 6) is -0.0413. The van der Waals surface area contributed by atoms with Crippen LogP contribution in [0.15, 0.2) is 30.3 Å². The van der Waals surface area contributed by atoms with Gasteiger partial charge in [0.25, 0.3) is 5.69 Å². The summed E-state index contributed by atoms with van der Waals surface area (Å²) < 4.78 is 0. The Morgan fingerprint density at radius 1 is 1.35 bits per heavy atom. The molecule has 1 unspecified atom stereocenters. The fraction of sp³-hybridized carbons (Fsp3) is 0.308. The molecule has 1 aromatic rings. The van der Waals surface area contributed by atoms with Gasteiger partial charge in [0.1, 0.15) is 0 Å². The molecule has 1 aliphatic rings. The van der Waals surface area contributed by atoms with E-state index in [9.17, 15) is 14.9 Å². The molecule has 1 atom stereocenters. The van der Waals surface area contributed by atoms with Crippen LogP contribution < -0.4 is 0 Å². The summed E-state index contributed by atoms with van der Waals surface area (Å²) in [5.41, 5.74) is 0.936. The third-order valence-electron chi connectivity index (χ3n) is 3.05. The van der Waals surface area contributed by atoms with Gasteiger partial charge in [-0.25, -0.2) is 0 Å². The largest absolute Gasteiger partial charge is 0.294 e. The molecule has 2 rings (SSSR count). The summed E-state index contributed by atoms with van der Waals surface area (Å²) in [7, 11) is 0. The van der Waals surface area contributed by atoms with Crippen molar-refractivity contribution < 1.29 is 9.72 Å². The van der Waals surface area contributed by atoms with Gasteiger partial charge in [-0.05, 0) is 18.9 Å². The van der Waals surface area contributed by atoms with Crippen molar-refractivity contribution in [3.8, 4) is 0 Å². The summed E-state index contributed by atoms with van der Waals surface area (Å²) in [6.07, 6.45) is 3.43. The van der Waals surface area contributed by atoms with Gasteiger partial charge in [0.05, 0.1) is 10.5 Å². The third-order valence-corrected chi connectivity index (χ3v) is 3.05. The van der Waals surface area contributed by atoms with E-state index in [1.165, 1.54) is 6.07 Å². The van der Waals surface area contributed by atoms with E-state index in [-0.39, 0.29) is 17.4 Å². The van der Waals surface area contributed by atoms with Crippen molar-refractivity contribution in [2.45, 2.75) is 19.8 Å². The summed E-state index contributed by atoms with van der Waals surface area (Å²) in [6, 6.07) is 6.40. The lowest BCUT2D eigenvalue weighted by Gasteiger charge is -2.17. The minimum Gasteiger partial charge on any atom is -0.294 e. The van der Waals surface area contributed by atoms with Crippen molar-refractivity contribution >= 4 is 17.0 Å². The van der Waals surface area contributed by atoms with Crippen LogP contribution >= 0.6 is 0 Å². The number of hydrogen-bond donors (Lipinski definition) is 0. The molecule has 0 fully saturated rings. The number of nitro benzene ring substituents is 1. The SMILES string of the molecule is CC1CCC=C(c2ccccc2[N+](=O)[O-])C1=O. The smallest absolute Gasteiger partial charge is 0.277 e.